The van der Waals surface area contributed by atoms with Crippen molar-refractivity contribution in [3.05, 3.63) is 35.1 Å². The fourth-order valence-corrected chi connectivity index (χ4v) is 0.907. The van der Waals surface area contributed by atoms with E-state index in [0.29, 0.717) is 6.07 Å². The van der Waals surface area contributed by atoms with E-state index in [0.717, 1.165) is 6.07 Å². The molecular formula is C8H9ClF3N. The molecule has 0 aromatic heterocycles. The van der Waals surface area contributed by atoms with E-state index in [1.54, 1.807) is 0 Å². The molecule has 1 aromatic carbocycles. The van der Waals surface area contributed by atoms with Crippen LogP contribution < -0.4 is 5.73 Å². The second-order valence-electron chi connectivity index (χ2n) is 2.58. The van der Waals surface area contributed by atoms with Gasteiger partial charge in [0.15, 0.2) is 11.6 Å². The van der Waals surface area contributed by atoms with E-state index in [1.165, 1.54) is 6.92 Å². The monoisotopic (exact) mass is 211 g/mol. The van der Waals surface area contributed by atoms with Gasteiger partial charge in [-0.1, -0.05) is 0 Å². The third-order valence-corrected chi connectivity index (χ3v) is 1.51. The van der Waals surface area contributed by atoms with Crippen molar-refractivity contribution in [3.8, 4) is 0 Å². The van der Waals surface area contributed by atoms with Gasteiger partial charge in [0.2, 0.25) is 0 Å². The van der Waals surface area contributed by atoms with E-state index in [9.17, 15) is 13.2 Å². The van der Waals surface area contributed by atoms with Gasteiger partial charge in [-0.05, 0) is 13.0 Å². The molecule has 0 bridgehead atoms. The molecule has 0 amide bonds. The van der Waals surface area contributed by atoms with Crippen molar-refractivity contribution in [1.29, 1.82) is 0 Å². The van der Waals surface area contributed by atoms with Crippen LogP contribution in [-0.2, 0) is 0 Å². The minimum absolute atomic E-state index is 0. The lowest BCUT2D eigenvalue weighted by Gasteiger charge is -2.07. The minimum atomic E-state index is -1.21. The van der Waals surface area contributed by atoms with Gasteiger partial charge in [0.1, 0.15) is 5.82 Å². The van der Waals surface area contributed by atoms with E-state index in [4.69, 9.17) is 5.73 Å². The highest BCUT2D eigenvalue weighted by Crippen LogP contribution is 2.18. The Morgan fingerprint density at radius 2 is 1.77 bits per heavy atom. The SMILES string of the molecule is C[C@@H](N)c1cc(F)cc(F)c1F.Cl. The molecule has 0 unspecified atom stereocenters. The minimum Gasteiger partial charge on any atom is -0.324 e. The van der Waals surface area contributed by atoms with Crippen LogP contribution in [0.15, 0.2) is 12.1 Å². The Kier molecular flexibility index (Phi) is 4.23. The standard InChI is InChI=1S/C8H8F3N.ClH/c1-4(12)6-2-5(9)3-7(10)8(6)11;/h2-4H,12H2,1H3;1H/t4-;/m1./s1. The molecule has 0 aliphatic heterocycles. The van der Waals surface area contributed by atoms with Gasteiger partial charge in [-0.25, -0.2) is 13.2 Å². The molecule has 0 radical (unpaired) electrons. The fourth-order valence-electron chi connectivity index (χ4n) is 0.907. The number of benzene rings is 1. The molecule has 5 heteroatoms. The Balaban J connectivity index is 0.00000144. The van der Waals surface area contributed by atoms with Crippen molar-refractivity contribution in [3.63, 3.8) is 0 Å². The molecule has 1 rings (SSSR count). The average Bonchev–Trinajstić information content (AvgIpc) is 1.96. The van der Waals surface area contributed by atoms with Crippen molar-refractivity contribution in [1.82, 2.24) is 0 Å². The van der Waals surface area contributed by atoms with Gasteiger partial charge < -0.3 is 5.73 Å². The third-order valence-electron chi connectivity index (χ3n) is 1.51. The molecule has 0 aliphatic rings. The lowest BCUT2D eigenvalue weighted by atomic mass is 10.1. The number of hydrogen-bond acceptors (Lipinski definition) is 1. The van der Waals surface area contributed by atoms with Crippen molar-refractivity contribution >= 4 is 12.4 Å². The predicted molar refractivity (Wildman–Crippen MR) is 46.2 cm³/mol. The van der Waals surface area contributed by atoms with Crippen molar-refractivity contribution in [2.75, 3.05) is 0 Å². The van der Waals surface area contributed by atoms with Gasteiger partial charge in [-0.15, -0.1) is 12.4 Å². The molecule has 0 fully saturated rings. The lowest BCUT2D eigenvalue weighted by Crippen LogP contribution is -2.09. The first-order chi connectivity index (χ1) is 5.52. The van der Waals surface area contributed by atoms with Crippen LogP contribution in [0.3, 0.4) is 0 Å². The molecule has 1 nitrogen and oxygen atoms in total. The summed E-state index contributed by atoms with van der Waals surface area (Å²) >= 11 is 0. The van der Waals surface area contributed by atoms with Crippen LogP contribution in [0.2, 0.25) is 0 Å². The number of halogens is 4. The van der Waals surface area contributed by atoms with E-state index in [1.807, 2.05) is 0 Å². The maximum Gasteiger partial charge on any atom is 0.163 e. The smallest absolute Gasteiger partial charge is 0.163 e. The lowest BCUT2D eigenvalue weighted by molar-refractivity contribution is 0.478. The second-order valence-corrected chi connectivity index (χ2v) is 2.58. The van der Waals surface area contributed by atoms with Crippen LogP contribution in [0.25, 0.3) is 0 Å². The summed E-state index contributed by atoms with van der Waals surface area (Å²) in [6, 6.07) is 0.666. The van der Waals surface area contributed by atoms with Crippen LogP contribution in [-0.4, -0.2) is 0 Å². The number of hydrogen-bond donors (Lipinski definition) is 1. The van der Waals surface area contributed by atoms with Crippen LogP contribution in [0, 0.1) is 17.5 Å². The van der Waals surface area contributed by atoms with Gasteiger partial charge in [0.25, 0.3) is 0 Å². The summed E-state index contributed by atoms with van der Waals surface area (Å²) in [5.74, 6) is -3.10. The summed E-state index contributed by atoms with van der Waals surface area (Å²) in [5.41, 5.74) is 5.13. The fraction of sp³-hybridized carbons (Fsp3) is 0.250. The highest BCUT2D eigenvalue weighted by atomic mass is 35.5. The largest absolute Gasteiger partial charge is 0.324 e. The molecular weight excluding hydrogens is 203 g/mol. The van der Waals surface area contributed by atoms with Crippen LogP contribution in [0.4, 0.5) is 13.2 Å². The van der Waals surface area contributed by atoms with Gasteiger partial charge in [0, 0.05) is 17.7 Å². The van der Waals surface area contributed by atoms with E-state index in [2.05, 4.69) is 0 Å². The zero-order valence-corrected chi connectivity index (χ0v) is 7.67. The zero-order valence-electron chi connectivity index (χ0n) is 6.85. The third kappa shape index (κ3) is 2.60. The summed E-state index contributed by atoms with van der Waals surface area (Å²) in [7, 11) is 0. The predicted octanol–water partition coefficient (Wildman–Crippen LogP) is 2.55. The maximum atomic E-state index is 12.8. The van der Waals surface area contributed by atoms with E-state index in [-0.39, 0.29) is 18.0 Å². The van der Waals surface area contributed by atoms with Crippen molar-refractivity contribution in [2.24, 2.45) is 5.73 Å². The molecule has 0 saturated carbocycles. The van der Waals surface area contributed by atoms with Crippen LogP contribution in [0.1, 0.15) is 18.5 Å². The molecule has 1 aromatic rings. The summed E-state index contributed by atoms with van der Waals surface area (Å²) in [5, 5.41) is 0. The summed E-state index contributed by atoms with van der Waals surface area (Å²) < 4.78 is 37.8. The summed E-state index contributed by atoms with van der Waals surface area (Å²) in [4.78, 5) is 0. The Morgan fingerprint density at radius 1 is 1.23 bits per heavy atom. The Hall–Kier alpha value is -0.740. The van der Waals surface area contributed by atoms with Gasteiger partial charge in [0.05, 0.1) is 0 Å². The first-order valence-corrected chi connectivity index (χ1v) is 3.42. The van der Waals surface area contributed by atoms with E-state index < -0.39 is 23.5 Å². The second kappa shape index (κ2) is 4.48. The first kappa shape index (κ1) is 12.3. The van der Waals surface area contributed by atoms with Crippen LogP contribution in [0.5, 0.6) is 0 Å². The van der Waals surface area contributed by atoms with Gasteiger partial charge >= 0.3 is 0 Å². The average molecular weight is 212 g/mol. The Labute approximate surface area is 80.2 Å². The van der Waals surface area contributed by atoms with Gasteiger partial charge in [-0.3, -0.25) is 0 Å². The summed E-state index contributed by atoms with van der Waals surface area (Å²) in [6.07, 6.45) is 0. The molecule has 2 N–H and O–H groups in total. The summed E-state index contributed by atoms with van der Waals surface area (Å²) in [6.45, 7) is 1.46. The maximum absolute atomic E-state index is 12.8. The highest BCUT2D eigenvalue weighted by Gasteiger charge is 2.13. The molecule has 1 atom stereocenters. The van der Waals surface area contributed by atoms with Crippen molar-refractivity contribution in [2.45, 2.75) is 13.0 Å². The highest BCUT2D eigenvalue weighted by molar-refractivity contribution is 5.85. The molecule has 0 heterocycles. The topological polar surface area (TPSA) is 26.0 Å². The molecule has 0 spiro atoms. The van der Waals surface area contributed by atoms with E-state index >= 15 is 0 Å². The molecule has 0 saturated heterocycles. The van der Waals surface area contributed by atoms with Crippen molar-refractivity contribution < 1.29 is 13.2 Å². The number of nitrogens with two attached hydrogens (primary N) is 1. The normalized spacial score (nSPS) is 12.1. The quantitative estimate of drug-likeness (QED) is 0.710. The Bertz CT molecular complexity index is 302. The van der Waals surface area contributed by atoms with Crippen LogP contribution >= 0.6 is 12.4 Å². The Morgan fingerprint density at radius 3 is 2.23 bits per heavy atom. The molecule has 74 valence electrons. The molecule has 0 aliphatic carbocycles. The first-order valence-electron chi connectivity index (χ1n) is 3.42. The zero-order chi connectivity index (χ0) is 9.30. The number of rotatable bonds is 1. The molecule has 13 heavy (non-hydrogen) atoms. The van der Waals surface area contributed by atoms with Gasteiger partial charge in [-0.2, -0.15) is 0 Å².